The van der Waals surface area contributed by atoms with Crippen molar-refractivity contribution in [1.29, 1.82) is 0 Å². The Labute approximate surface area is 123 Å². The fourth-order valence-corrected chi connectivity index (χ4v) is 2.09. The summed E-state index contributed by atoms with van der Waals surface area (Å²) in [4.78, 5) is 12.5. The molecule has 0 aliphatic carbocycles. The van der Waals surface area contributed by atoms with E-state index in [0.29, 0.717) is 16.7 Å². The van der Waals surface area contributed by atoms with Crippen LogP contribution >= 0.6 is 11.6 Å². The van der Waals surface area contributed by atoms with E-state index >= 15 is 0 Å². The van der Waals surface area contributed by atoms with Crippen molar-refractivity contribution in [2.45, 2.75) is 0 Å². The summed E-state index contributed by atoms with van der Waals surface area (Å²) in [5, 5.41) is 0.531. The first-order valence-corrected chi connectivity index (χ1v) is 6.80. The van der Waals surface area contributed by atoms with Crippen molar-refractivity contribution in [1.82, 2.24) is 9.80 Å². The van der Waals surface area contributed by atoms with Gasteiger partial charge < -0.3 is 21.3 Å². The second-order valence-electron chi connectivity index (χ2n) is 4.68. The first kappa shape index (κ1) is 14.6. The molecule has 4 N–H and O–H groups in total. The zero-order chi connectivity index (χ0) is 14.5. The summed E-state index contributed by atoms with van der Waals surface area (Å²) in [5.41, 5.74) is 12.3. The van der Waals surface area contributed by atoms with Crippen LogP contribution in [0.3, 0.4) is 0 Å². The van der Waals surface area contributed by atoms with E-state index in [4.69, 9.17) is 23.1 Å². The van der Waals surface area contributed by atoms with Gasteiger partial charge in [0.2, 0.25) is 5.96 Å². The van der Waals surface area contributed by atoms with E-state index < -0.39 is 0 Å². The minimum atomic E-state index is 0.106. The van der Waals surface area contributed by atoms with Gasteiger partial charge in [0.25, 0.3) is 0 Å². The Kier molecular flexibility index (Phi) is 4.81. The average molecular weight is 295 g/mol. The maximum atomic E-state index is 6.01. The van der Waals surface area contributed by atoms with E-state index in [-0.39, 0.29) is 5.96 Å². The minimum Gasteiger partial charge on any atom is -0.369 e. The third kappa shape index (κ3) is 3.85. The van der Waals surface area contributed by atoms with Crippen LogP contribution in [0.15, 0.2) is 34.3 Å². The van der Waals surface area contributed by atoms with Gasteiger partial charge in [-0.05, 0) is 19.2 Å². The van der Waals surface area contributed by atoms with Gasteiger partial charge in [-0.3, -0.25) is 0 Å². The van der Waals surface area contributed by atoms with Crippen LogP contribution < -0.4 is 11.5 Å². The maximum absolute atomic E-state index is 6.01. The predicted molar refractivity (Wildman–Crippen MR) is 83.4 cm³/mol. The molecule has 0 radical (unpaired) electrons. The lowest BCUT2D eigenvalue weighted by Crippen LogP contribution is -2.50. The second kappa shape index (κ2) is 6.58. The van der Waals surface area contributed by atoms with Gasteiger partial charge >= 0.3 is 0 Å². The molecular weight excluding hydrogens is 276 g/mol. The number of nitrogens with zero attached hydrogens (tertiary/aromatic N) is 4. The highest BCUT2D eigenvalue weighted by molar-refractivity contribution is 6.33. The summed E-state index contributed by atoms with van der Waals surface area (Å²) in [7, 11) is 2.08. The molecule has 0 bridgehead atoms. The molecule has 1 saturated heterocycles. The molecule has 2 rings (SSSR count). The highest BCUT2D eigenvalue weighted by Gasteiger charge is 2.15. The van der Waals surface area contributed by atoms with Gasteiger partial charge in [0.1, 0.15) is 0 Å². The van der Waals surface area contributed by atoms with Gasteiger partial charge in [0.05, 0.1) is 10.7 Å². The Morgan fingerprint density at radius 2 is 1.80 bits per heavy atom. The van der Waals surface area contributed by atoms with Crippen LogP contribution in [0.25, 0.3) is 0 Å². The Balaban J connectivity index is 2.07. The smallest absolute Gasteiger partial charge is 0.223 e. The predicted octanol–water partition coefficient (Wildman–Crippen LogP) is 0.848. The SMILES string of the molecule is CN1CCN(/C(N)=N/C(N)=Nc2ccccc2Cl)CC1. The summed E-state index contributed by atoms with van der Waals surface area (Å²) in [6.07, 6.45) is 0. The van der Waals surface area contributed by atoms with E-state index in [2.05, 4.69) is 21.9 Å². The molecule has 1 fully saturated rings. The first-order valence-electron chi connectivity index (χ1n) is 6.42. The number of rotatable bonds is 1. The van der Waals surface area contributed by atoms with Gasteiger partial charge in [0, 0.05) is 26.2 Å². The van der Waals surface area contributed by atoms with Gasteiger partial charge in [-0.2, -0.15) is 4.99 Å². The number of hydrogen-bond donors (Lipinski definition) is 2. The van der Waals surface area contributed by atoms with Crippen molar-refractivity contribution in [3.63, 3.8) is 0 Å². The molecule has 0 spiro atoms. The van der Waals surface area contributed by atoms with Crippen LogP contribution in [0.5, 0.6) is 0 Å². The molecule has 6 nitrogen and oxygen atoms in total. The number of halogens is 1. The number of nitrogens with two attached hydrogens (primary N) is 2. The quantitative estimate of drug-likeness (QED) is 0.594. The van der Waals surface area contributed by atoms with Crippen molar-refractivity contribution in [3.8, 4) is 0 Å². The van der Waals surface area contributed by atoms with Crippen molar-refractivity contribution in [2.24, 2.45) is 21.5 Å². The highest BCUT2D eigenvalue weighted by Crippen LogP contribution is 2.23. The third-order valence-corrected chi connectivity index (χ3v) is 3.46. The lowest BCUT2D eigenvalue weighted by Gasteiger charge is -2.32. The molecular formula is C13H19ClN6. The van der Waals surface area contributed by atoms with E-state index in [1.54, 1.807) is 12.1 Å². The maximum Gasteiger partial charge on any atom is 0.223 e. The normalized spacial score (nSPS) is 18.4. The molecule has 0 atom stereocenters. The van der Waals surface area contributed by atoms with Crippen LogP contribution in [0.1, 0.15) is 0 Å². The molecule has 1 aliphatic rings. The Morgan fingerprint density at radius 3 is 2.45 bits per heavy atom. The lowest BCUT2D eigenvalue weighted by atomic mass is 10.3. The summed E-state index contributed by atoms with van der Waals surface area (Å²) >= 11 is 6.01. The topological polar surface area (TPSA) is 83.2 Å². The van der Waals surface area contributed by atoms with E-state index in [9.17, 15) is 0 Å². The third-order valence-electron chi connectivity index (χ3n) is 3.14. The fraction of sp³-hybridized carbons (Fsp3) is 0.385. The number of piperazine rings is 1. The zero-order valence-electron chi connectivity index (χ0n) is 11.5. The van der Waals surface area contributed by atoms with Crippen LogP contribution in [-0.2, 0) is 0 Å². The van der Waals surface area contributed by atoms with E-state index in [1.807, 2.05) is 17.0 Å². The van der Waals surface area contributed by atoms with Crippen LogP contribution in [0, 0.1) is 0 Å². The molecule has 0 saturated carbocycles. The number of likely N-dealkylation sites (N-methyl/N-ethyl adjacent to an activating group) is 1. The van der Waals surface area contributed by atoms with Crippen LogP contribution in [0.4, 0.5) is 5.69 Å². The van der Waals surface area contributed by atoms with Crippen molar-refractivity contribution < 1.29 is 0 Å². The Hall–Kier alpha value is -1.79. The zero-order valence-corrected chi connectivity index (χ0v) is 12.2. The van der Waals surface area contributed by atoms with Gasteiger partial charge in [0.15, 0.2) is 5.96 Å². The Bertz CT molecular complexity index is 519. The second-order valence-corrected chi connectivity index (χ2v) is 5.09. The summed E-state index contributed by atoms with van der Waals surface area (Å²) < 4.78 is 0. The summed E-state index contributed by atoms with van der Waals surface area (Å²) in [6, 6.07) is 7.20. The molecule has 0 amide bonds. The molecule has 7 heteroatoms. The molecule has 1 aromatic carbocycles. The van der Waals surface area contributed by atoms with Crippen LogP contribution in [-0.4, -0.2) is 54.9 Å². The number of aliphatic imine (C=N–C) groups is 2. The summed E-state index contributed by atoms with van der Waals surface area (Å²) in [5.74, 6) is 0.501. The molecule has 20 heavy (non-hydrogen) atoms. The molecule has 0 aromatic heterocycles. The van der Waals surface area contributed by atoms with E-state index in [1.165, 1.54) is 0 Å². The number of hydrogen-bond acceptors (Lipinski definition) is 2. The minimum absolute atomic E-state index is 0.106. The molecule has 0 unspecified atom stereocenters. The lowest BCUT2D eigenvalue weighted by molar-refractivity contribution is 0.214. The van der Waals surface area contributed by atoms with Gasteiger partial charge in [-0.25, -0.2) is 4.99 Å². The van der Waals surface area contributed by atoms with Crippen molar-refractivity contribution >= 4 is 29.2 Å². The number of guanidine groups is 2. The average Bonchev–Trinajstić information content (AvgIpc) is 2.42. The number of benzene rings is 1. The Morgan fingerprint density at radius 1 is 1.15 bits per heavy atom. The van der Waals surface area contributed by atoms with Crippen molar-refractivity contribution in [3.05, 3.63) is 29.3 Å². The fourth-order valence-electron chi connectivity index (χ4n) is 1.91. The molecule has 1 aromatic rings. The number of para-hydroxylation sites is 1. The first-order chi connectivity index (χ1) is 9.56. The van der Waals surface area contributed by atoms with Gasteiger partial charge in [-0.15, -0.1) is 0 Å². The highest BCUT2D eigenvalue weighted by atomic mass is 35.5. The van der Waals surface area contributed by atoms with Gasteiger partial charge in [-0.1, -0.05) is 23.7 Å². The van der Waals surface area contributed by atoms with E-state index in [0.717, 1.165) is 26.2 Å². The molecule has 1 heterocycles. The van der Waals surface area contributed by atoms with Crippen molar-refractivity contribution in [2.75, 3.05) is 33.2 Å². The standard InChI is InChI=1S/C13H19ClN6/c1-19-6-8-20(9-7-19)13(16)18-12(15)17-11-5-3-2-4-10(11)14/h2-5H,6-9H2,1H3,(H4,15,16,17,18). The molecule has 108 valence electrons. The largest absolute Gasteiger partial charge is 0.369 e. The molecule has 1 aliphatic heterocycles. The van der Waals surface area contributed by atoms with Crippen LogP contribution in [0.2, 0.25) is 5.02 Å². The summed E-state index contributed by atoms with van der Waals surface area (Å²) in [6.45, 7) is 3.59. The monoisotopic (exact) mass is 294 g/mol.